The van der Waals surface area contributed by atoms with Gasteiger partial charge >= 0.3 is 0 Å². The van der Waals surface area contributed by atoms with Crippen molar-refractivity contribution in [3.8, 4) is 0 Å². The summed E-state index contributed by atoms with van der Waals surface area (Å²) in [5.41, 5.74) is 1.13. The van der Waals surface area contributed by atoms with Gasteiger partial charge in [0.05, 0.1) is 11.5 Å². The second kappa shape index (κ2) is 5.16. The van der Waals surface area contributed by atoms with E-state index >= 15 is 0 Å². The van der Waals surface area contributed by atoms with E-state index in [1.165, 1.54) is 0 Å². The van der Waals surface area contributed by atoms with Crippen LogP contribution in [0, 0.1) is 0 Å². The fraction of sp³-hybridized carbons (Fsp3) is 0.500. The zero-order valence-corrected chi connectivity index (χ0v) is 11.8. The van der Waals surface area contributed by atoms with E-state index < -0.39 is 9.84 Å². The summed E-state index contributed by atoms with van der Waals surface area (Å²) in [6.07, 6.45) is 1.56. The Hall–Kier alpha value is -1.63. The molecule has 1 aliphatic heterocycles. The number of amides is 1. The van der Waals surface area contributed by atoms with Crippen LogP contribution in [0.15, 0.2) is 18.3 Å². The van der Waals surface area contributed by atoms with Gasteiger partial charge in [-0.2, -0.15) is 0 Å². The van der Waals surface area contributed by atoms with Crippen LogP contribution >= 0.6 is 0 Å². The number of aromatic nitrogens is 1. The SMILES string of the molecule is CNc1ccnc(C(=O)N2CCS(=O)(=O)CC2C)c1. The molecular formula is C12H17N3O3S. The third-order valence-corrected chi connectivity index (χ3v) is 4.99. The molecule has 7 heteroatoms. The molecule has 1 N–H and O–H groups in total. The average Bonchev–Trinajstić information content (AvgIpc) is 2.37. The summed E-state index contributed by atoms with van der Waals surface area (Å²) < 4.78 is 23.0. The van der Waals surface area contributed by atoms with E-state index in [9.17, 15) is 13.2 Å². The summed E-state index contributed by atoms with van der Waals surface area (Å²) in [7, 11) is -1.26. The van der Waals surface area contributed by atoms with Crippen LogP contribution in [0.3, 0.4) is 0 Å². The van der Waals surface area contributed by atoms with E-state index in [0.29, 0.717) is 5.69 Å². The van der Waals surface area contributed by atoms with Crippen molar-refractivity contribution in [2.45, 2.75) is 13.0 Å². The molecule has 2 heterocycles. The molecule has 1 saturated heterocycles. The maximum Gasteiger partial charge on any atom is 0.272 e. The first-order chi connectivity index (χ1) is 8.93. The first-order valence-electron chi connectivity index (χ1n) is 6.08. The first kappa shape index (κ1) is 13.8. The van der Waals surface area contributed by atoms with Crippen molar-refractivity contribution >= 4 is 21.4 Å². The number of rotatable bonds is 2. The highest BCUT2D eigenvalue weighted by molar-refractivity contribution is 7.91. The van der Waals surface area contributed by atoms with Crippen molar-refractivity contribution in [1.82, 2.24) is 9.88 Å². The molecule has 1 aliphatic rings. The normalized spacial score (nSPS) is 22.0. The number of sulfone groups is 1. The zero-order valence-electron chi connectivity index (χ0n) is 11.0. The van der Waals surface area contributed by atoms with Crippen LogP contribution in [0.2, 0.25) is 0 Å². The minimum Gasteiger partial charge on any atom is -0.388 e. The van der Waals surface area contributed by atoms with Crippen molar-refractivity contribution < 1.29 is 13.2 Å². The molecule has 0 aliphatic carbocycles. The van der Waals surface area contributed by atoms with Crippen molar-refractivity contribution in [3.63, 3.8) is 0 Å². The highest BCUT2D eigenvalue weighted by atomic mass is 32.2. The number of nitrogens with zero attached hydrogens (tertiary/aromatic N) is 2. The van der Waals surface area contributed by atoms with E-state index in [1.807, 2.05) is 0 Å². The van der Waals surface area contributed by atoms with Gasteiger partial charge in [0.15, 0.2) is 9.84 Å². The molecule has 2 rings (SSSR count). The average molecular weight is 283 g/mol. The van der Waals surface area contributed by atoms with Gasteiger partial charge in [-0.25, -0.2) is 8.42 Å². The summed E-state index contributed by atoms with van der Waals surface area (Å²) >= 11 is 0. The number of nitrogens with one attached hydrogen (secondary N) is 1. The lowest BCUT2D eigenvalue weighted by Gasteiger charge is -2.32. The number of anilines is 1. The van der Waals surface area contributed by atoms with Gasteiger partial charge in [-0.05, 0) is 19.1 Å². The lowest BCUT2D eigenvalue weighted by molar-refractivity contribution is 0.0706. The first-order valence-corrected chi connectivity index (χ1v) is 7.90. The summed E-state index contributed by atoms with van der Waals surface area (Å²) in [5, 5.41) is 2.94. The van der Waals surface area contributed by atoms with Gasteiger partial charge < -0.3 is 10.2 Å². The maximum atomic E-state index is 12.3. The van der Waals surface area contributed by atoms with E-state index in [1.54, 1.807) is 37.2 Å². The number of carbonyl (C=O) groups excluding carboxylic acids is 1. The molecule has 1 amide bonds. The Bertz CT molecular complexity index is 586. The van der Waals surface area contributed by atoms with Crippen molar-refractivity contribution in [1.29, 1.82) is 0 Å². The molecule has 1 aromatic rings. The Morgan fingerprint density at radius 2 is 2.26 bits per heavy atom. The third-order valence-electron chi connectivity index (χ3n) is 3.20. The third kappa shape index (κ3) is 3.04. The van der Waals surface area contributed by atoms with Crippen LogP contribution in [-0.2, 0) is 9.84 Å². The summed E-state index contributed by atoms with van der Waals surface area (Å²) in [6.45, 7) is 1.98. The summed E-state index contributed by atoms with van der Waals surface area (Å²) in [5.74, 6) is -0.182. The predicted molar refractivity (Wildman–Crippen MR) is 72.9 cm³/mol. The molecule has 19 heavy (non-hydrogen) atoms. The number of hydrogen-bond acceptors (Lipinski definition) is 5. The molecule has 1 aromatic heterocycles. The van der Waals surface area contributed by atoms with Crippen LogP contribution in [0.1, 0.15) is 17.4 Å². The molecule has 0 spiro atoms. The molecule has 1 atom stereocenters. The minimum absolute atomic E-state index is 0.0183. The predicted octanol–water partition coefficient (Wildman–Crippen LogP) is 0.382. The molecule has 1 unspecified atom stereocenters. The van der Waals surface area contributed by atoms with Gasteiger partial charge in [-0.15, -0.1) is 0 Å². The summed E-state index contributed by atoms with van der Waals surface area (Å²) in [6, 6.07) is 3.12. The van der Waals surface area contributed by atoms with Gasteiger partial charge in [0, 0.05) is 31.5 Å². The van der Waals surface area contributed by atoms with Gasteiger partial charge in [0.1, 0.15) is 5.69 Å². The molecule has 1 fully saturated rings. The Labute approximate surface area is 112 Å². The molecule has 0 radical (unpaired) electrons. The highest BCUT2D eigenvalue weighted by Crippen LogP contribution is 2.16. The maximum absolute atomic E-state index is 12.3. The standard InChI is InChI=1S/C12H17N3O3S/c1-9-8-19(17,18)6-5-15(9)12(16)11-7-10(13-2)3-4-14-11/h3-4,7,9H,5-6,8H2,1-2H3,(H,13,14). The fourth-order valence-corrected chi connectivity index (χ4v) is 3.71. The van der Waals surface area contributed by atoms with E-state index in [2.05, 4.69) is 10.3 Å². The van der Waals surface area contributed by atoms with Gasteiger partial charge in [-0.3, -0.25) is 9.78 Å². The van der Waals surface area contributed by atoms with Gasteiger partial charge in [0.25, 0.3) is 5.91 Å². The second-order valence-electron chi connectivity index (χ2n) is 4.64. The van der Waals surface area contributed by atoms with E-state index in [4.69, 9.17) is 0 Å². The van der Waals surface area contributed by atoms with Crippen molar-refractivity contribution in [2.24, 2.45) is 0 Å². The van der Waals surface area contributed by atoms with Gasteiger partial charge in [0.2, 0.25) is 0 Å². The Morgan fingerprint density at radius 3 is 2.89 bits per heavy atom. The van der Waals surface area contributed by atoms with E-state index in [0.717, 1.165) is 5.69 Å². The zero-order chi connectivity index (χ0) is 14.0. The van der Waals surface area contributed by atoms with Crippen LogP contribution < -0.4 is 5.32 Å². The lowest BCUT2D eigenvalue weighted by Crippen LogP contribution is -2.49. The number of carbonyl (C=O) groups is 1. The molecule has 6 nitrogen and oxygen atoms in total. The quantitative estimate of drug-likeness (QED) is 0.849. The highest BCUT2D eigenvalue weighted by Gasteiger charge is 2.32. The molecular weight excluding hydrogens is 266 g/mol. The van der Waals surface area contributed by atoms with Crippen molar-refractivity contribution in [3.05, 3.63) is 24.0 Å². The smallest absolute Gasteiger partial charge is 0.272 e. The van der Waals surface area contributed by atoms with Crippen LogP contribution in [0.4, 0.5) is 5.69 Å². The van der Waals surface area contributed by atoms with Crippen LogP contribution in [-0.4, -0.2) is 55.3 Å². The summed E-state index contributed by atoms with van der Waals surface area (Å²) in [4.78, 5) is 18.0. The molecule has 0 aromatic carbocycles. The number of hydrogen-bond donors (Lipinski definition) is 1. The van der Waals surface area contributed by atoms with Crippen LogP contribution in [0.25, 0.3) is 0 Å². The lowest BCUT2D eigenvalue weighted by atomic mass is 10.2. The molecule has 0 bridgehead atoms. The minimum atomic E-state index is -3.02. The number of pyridine rings is 1. The monoisotopic (exact) mass is 283 g/mol. The van der Waals surface area contributed by atoms with Crippen molar-refractivity contribution in [2.75, 3.05) is 30.4 Å². The van der Waals surface area contributed by atoms with Crippen LogP contribution in [0.5, 0.6) is 0 Å². The van der Waals surface area contributed by atoms with Gasteiger partial charge in [-0.1, -0.05) is 0 Å². The Morgan fingerprint density at radius 1 is 1.53 bits per heavy atom. The Balaban J connectivity index is 2.20. The second-order valence-corrected chi connectivity index (χ2v) is 6.87. The largest absolute Gasteiger partial charge is 0.388 e. The molecule has 0 saturated carbocycles. The topological polar surface area (TPSA) is 79.4 Å². The fourth-order valence-electron chi connectivity index (χ4n) is 2.15. The molecule has 104 valence electrons. The Kier molecular flexibility index (Phi) is 3.75. The van der Waals surface area contributed by atoms with E-state index in [-0.39, 0.29) is 30.0 Å².